The highest BCUT2D eigenvalue weighted by atomic mass is 16.5. The average molecular weight is 227 g/mol. The van der Waals surface area contributed by atoms with Gasteiger partial charge in [0.25, 0.3) is 0 Å². The third-order valence-corrected chi connectivity index (χ3v) is 3.23. The van der Waals surface area contributed by atoms with Crippen molar-refractivity contribution < 1.29 is 4.74 Å². The van der Waals surface area contributed by atoms with Gasteiger partial charge in [-0.15, -0.1) is 0 Å². The van der Waals surface area contributed by atoms with Crippen molar-refractivity contribution in [2.45, 2.75) is 39.2 Å². The second-order valence-electron chi connectivity index (χ2n) is 4.92. The summed E-state index contributed by atoms with van der Waals surface area (Å²) in [5.41, 5.74) is 5.41. The van der Waals surface area contributed by atoms with Crippen LogP contribution in [0, 0.1) is 11.3 Å². The molecule has 0 aliphatic carbocycles. The Kier molecular flexibility index (Phi) is 5.77. The molecule has 1 fully saturated rings. The first kappa shape index (κ1) is 13.5. The zero-order valence-electron chi connectivity index (χ0n) is 10.5. The van der Waals surface area contributed by atoms with Crippen molar-refractivity contribution in [2.75, 3.05) is 26.3 Å². The van der Waals surface area contributed by atoms with E-state index in [1.54, 1.807) is 0 Å². The van der Waals surface area contributed by atoms with Crippen LogP contribution in [0.2, 0.25) is 0 Å². The van der Waals surface area contributed by atoms with Crippen molar-refractivity contribution >= 4 is 5.84 Å². The molecule has 0 saturated carbocycles. The lowest BCUT2D eigenvalue weighted by Gasteiger charge is -2.32. The Morgan fingerprint density at radius 3 is 2.56 bits per heavy atom. The second kappa shape index (κ2) is 6.86. The molecule has 1 aliphatic rings. The van der Waals surface area contributed by atoms with E-state index in [1.807, 2.05) is 0 Å². The summed E-state index contributed by atoms with van der Waals surface area (Å²) in [6.07, 6.45) is 3.02. The third kappa shape index (κ3) is 4.94. The van der Waals surface area contributed by atoms with E-state index in [1.165, 1.54) is 12.8 Å². The van der Waals surface area contributed by atoms with Crippen molar-refractivity contribution in [1.29, 1.82) is 5.41 Å². The van der Waals surface area contributed by atoms with Crippen molar-refractivity contribution in [3.05, 3.63) is 0 Å². The van der Waals surface area contributed by atoms with E-state index >= 15 is 0 Å². The second-order valence-corrected chi connectivity index (χ2v) is 4.92. The van der Waals surface area contributed by atoms with Crippen molar-refractivity contribution in [1.82, 2.24) is 4.90 Å². The average Bonchev–Trinajstić information content (AvgIpc) is 2.25. The molecule has 0 aromatic heterocycles. The van der Waals surface area contributed by atoms with Crippen LogP contribution >= 0.6 is 0 Å². The van der Waals surface area contributed by atoms with Crippen LogP contribution in [0.5, 0.6) is 0 Å². The zero-order valence-corrected chi connectivity index (χ0v) is 10.5. The van der Waals surface area contributed by atoms with Crippen molar-refractivity contribution in [2.24, 2.45) is 11.7 Å². The zero-order chi connectivity index (χ0) is 12.0. The maximum absolute atomic E-state index is 7.28. The van der Waals surface area contributed by atoms with Crippen LogP contribution in [0.3, 0.4) is 0 Å². The van der Waals surface area contributed by atoms with Crippen LogP contribution in [-0.2, 0) is 4.74 Å². The topological polar surface area (TPSA) is 62.3 Å². The Balaban J connectivity index is 2.34. The lowest BCUT2D eigenvalue weighted by molar-refractivity contribution is 0.0483. The van der Waals surface area contributed by atoms with Gasteiger partial charge in [0, 0.05) is 38.8 Å². The molecule has 1 heterocycles. The molecular formula is C12H25N3O. The van der Waals surface area contributed by atoms with E-state index in [-0.39, 0.29) is 5.84 Å². The Morgan fingerprint density at radius 2 is 2.06 bits per heavy atom. The fourth-order valence-corrected chi connectivity index (χ4v) is 2.08. The van der Waals surface area contributed by atoms with E-state index in [9.17, 15) is 0 Å². The van der Waals surface area contributed by atoms with Crippen LogP contribution in [0.15, 0.2) is 0 Å². The summed E-state index contributed by atoms with van der Waals surface area (Å²) in [5.74, 6) is 1.04. The Bertz CT molecular complexity index is 212. The van der Waals surface area contributed by atoms with E-state index in [0.717, 1.165) is 32.2 Å². The third-order valence-electron chi connectivity index (χ3n) is 3.23. The first-order chi connectivity index (χ1) is 7.59. The predicted octanol–water partition coefficient (Wildman–Crippen LogP) is 1.45. The monoisotopic (exact) mass is 227 g/mol. The first-order valence-electron chi connectivity index (χ1n) is 6.24. The Hall–Kier alpha value is -0.610. The van der Waals surface area contributed by atoms with Gasteiger partial charge in [-0.1, -0.05) is 0 Å². The minimum absolute atomic E-state index is 0.289. The number of hydrogen-bond donors (Lipinski definition) is 2. The molecule has 1 aliphatic heterocycles. The molecule has 0 bridgehead atoms. The fraction of sp³-hybridized carbons (Fsp3) is 0.917. The van der Waals surface area contributed by atoms with Gasteiger partial charge < -0.3 is 15.4 Å². The summed E-state index contributed by atoms with van der Waals surface area (Å²) < 4.78 is 5.37. The van der Waals surface area contributed by atoms with Crippen LogP contribution < -0.4 is 5.73 Å². The Morgan fingerprint density at radius 1 is 1.44 bits per heavy atom. The number of ether oxygens (including phenoxy) is 1. The molecule has 0 aromatic carbocycles. The molecule has 4 nitrogen and oxygen atoms in total. The molecule has 0 radical (unpaired) electrons. The summed E-state index contributed by atoms with van der Waals surface area (Å²) in [5, 5.41) is 7.28. The molecule has 1 saturated heterocycles. The molecule has 0 unspecified atom stereocenters. The van der Waals surface area contributed by atoms with Gasteiger partial charge in [-0.25, -0.2) is 0 Å². The summed E-state index contributed by atoms with van der Waals surface area (Å²) in [7, 11) is 0. The van der Waals surface area contributed by atoms with Gasteiger partial charge in [-0.05, 0) is 32.6 Å². The molecule has 0 spiro atoms. The molecule has 16 heavy (non-hydrogen) atoms. The number of nitrogens with two attached hydrogens (primary N) is 1. The first-order valence-corrected chi connectivity index (χ1v) is 6.24. The number of nitrogens with one attached hydrogen (secondary N) is 1. The van der Waals surface area contributed by atoms with Crippen LogP contribution in [0.25, 0.3) is 0 Å². The smallest absolute Gasteiger partial charge is 0.0918 e. The van der Waals surface area contributed by atoms with Gasteiger partial charge >= 0.3 is 0 Å². The maximum atomic E-state index is 7.28. The molecule has 4 heteroatoms. The van der Waals surface area contributed by atoms with Gasteiger partial charge in [-0.3, -0.25) is 5.41 Å². The van der Waals surface area contributed by atoms with Gasteiger partial charge in [-0.2, -0.15) is 0 Å². The molecule has 1 rings (SSSR count). The number of hydrogen-bond acceptors (Lipinski definition) is 3. The van der Waals surface area contributed by atoms with Gasteiger partial charge in [0.05, 0.1) is 5.84 Å². The number of amidine groups is 1. The fourth-order valence-electron chi connectivity index (χ4n) is 2.08. The van der Waals surface area contributed by atoms with Crippen molar-refractivity contribution in [3.63, 3.8) is 0 Å². The lowest BCUT2D eigenvalue weighted by Crippen LogP contribution is -2.39. The SMILES string of the molecule is CC(C)N(CCC(=N)N)CC1CCOCC1. The quantitative estimate of drug-likeness (QED) is 0.533. The summed E-state index contributed by atoms with van der Waals surface area (Å²) in [6.45, 7) is 8.25. The van der Waals surface area contributed by atoms with E-state index < -0.39 is 0 Å². The molecule has 0 amide bonds. The molecule has 3 N–H and O–H groups in total. The highest BCUT2D eigenvalue weighted by Crippen LogP contribution is 2.17. The van der Waals surface area contributed by atoms with Gasteiger partial charge in [0.1, 0.15) is 0 Å². The normalized spacial score (nSPS) is 18.2. The minimum atomic E-state index is 0.289. The van der Waals surface area contributed by atoms with Crippen LogP contribution in [-0.4, -0.2) is 43.1 Å². The van der Waals surface area contributed by atoms with E-state index in [2.05, 4.69) is 18.7 Å². The molecule has 0 atom stereocenters. The molecule has 0 aromatic rings. The van der Waals surface area contributed by atoms with Gasteiger partial charge in [0.2, 0.25) is 0 Å². The van der Waals surface area contributed by atoms with Gasteiger partial charge in [0.15, 0.2) is 0 Å². The largest absolute Gasteiger partial charge is 0.388 e. The molecule has 94 valence electrons. The maximum Gasteiger partial charge on any atom is 0.0918 e. The van der Waals surface area contributed by atoms with Crippen LogP contribution in [0.4, 0.5) is 0 Å². The number of nitrogens with zero attached hydrogens (tertiary/aromatic N) is 1. The highest BCUT2D eigenvalue weighted by molar-refractivity contribution is 5.76. The summed E-state index contributed by atoms with van der Waals surface area (Å²) in [4.78, 5) is 2.43. The Labute approximate surface area is 98.6 Å². The summed E-state index contributed by atoms with van der Waals surface area (Å²) >= 11 is 0. The van der Waals surface area contributed by atoms with Crippen molar-refractivity contribution in [3.8, 4) is 0 Å². The number of rotatable bonds is 6. The van der Waals surface area contributed by atoms with E-state index in [0.29, 0.717) is 12.5 Å². The minimum Gasteiger partial charge on any atom is -0.388 e. The van der Waals surface area contributed by atoms with Crippen LogP contribution in [0.1, 0.15) is 33.1 Å². The lowest BCUT2D eigenvalue weighted by atomic mass is 9.99. The summed E-state index contributed by atoms with van der Waals surface area (Å²) in [6, 6.07) is 0.530. The highest BCUT2D eigenvalue weighted by Gasteiger charge is 2.19. The van der Waals surface area contributed by atoms with E-state index in [4.69, 9.17) is 15.9 Å². The predicted molar refractivity (Wildman–Crippen MR) is 66.8 cm³/mol. The standard InChI is InChI=1S/C12H25N3O/c1-10(2)15(6-3-12(13)14)9-11-4-7-16-8-5-11/h10-11H,3-9H2,1-2H3,(H3,13,14). The molecular weight excluding hydrogens is 202 g/mol.